The van der Waals surface area contributed by atoms with E-state index in [1.54, 1.807) is 4.90 Å². The highest BCUT2D eigenvalue weighted by molar-refractivity contribution is 5.93. The maximum atomic E-state index is 12.0. The van der Waals surface area contributed by atoms with Crippen molar-refractivity contribution in [3.63, 3.8) is 0 Å². The SMILES string of the molecule is O=C(O)c1ccc(C(=O)N2CCCCCC2)o1. The van der Waals surface area contributed by atoms with E-state index < -0.39 is 5.97 Å². The summed E-state index contributed by atoms with van der Waals surface area (Å²) in [4.78, 5) is 24.4. The van der Waals surface area contributed by atoms with E-state index in [9.17, 15) is 9.59 Å². The second-order valence-corrected chi connectivity index (χ2v) is 4.18. The van der Waals surface area contributed by atoms with Crippen LogP contribution in [0.2, 0.25) is 0 Å². The largest absolute Gasteiger partial charge is 0.475 e. The molecule has 1 saturated heterocycles. The lowest BCUT2D eigenvalue weighted by atomic mass is 10.2. The fraction of sp³-hybridized carbons (Fsp3) is 0.500. The van der Waals surface area contributed by atoms with E-state index in [4.69, 9.17) is 9.52 Å². The number of nitrogens with zero attached hydrogens (tertiary/aromatic N) is 1. The highest BCUT2D eigenvalue weighted by atomic mass is 16.4. The van der Waals surface area contributed by atoms with Crippen molar-refractivity contribution in [1.82, 2.24) is 4.90 Å². The Morgan fingerprint density at radius 2 is 1.65 bits per heavy atom. The lowest BCUT2D eigenvalue weighted by molar-refractivity contribution is 0.0650. The van der Waals surface area contributed by atoms with Gasteiger partial charge < -0.3 is 14.4 Å². The number of hydrogen-bond acceptors (Lipinski definition) is 3. The first-order chi connectivity index (χ1) is 8.18. The van der Waals surface area contributed by atoms with Crippen molar-refractivity contribution < 1.29 is 19.1 Å². The van der Waals surface area contributed by atoms with Gasteiger partial charge in [0.25, 0.3) is 5.91 Å². The molecule has 2 heterocycles. The monoisotopic (exact) mass is 237 g/mol. The van der Waals surface area contributed by atoms with Gasteiger partial charge in [-0.25, -0.2) is 4.79 Å². The molecule has 1 N–H and O–H groups in total. The second-order valence-electron chi connectivity index (χ2n) is 4.18. The first-order valence-corrected chi connectivity index (χ1v) is 5.81. The van der Waals surface area contributed by atoms with E-state index in [2.05, 4.69) is 0 Å². The first kappa shape index (κ1) is 11.7. The van der Waals surface area contributed by atoms with E-state index in [0.29, 0.717) is 0 Å². The maximum Gasteiger partial charge on any atom is 0.371 e. The van der Waals surface area contributed by atoms with E-state index in [0.717, 1.165) is 38.8 Å². The number of amides is 1. The Morgan fingerprint density at radius 1 is 1.06 bits per heavy atom. The average molecular weight is 237 g/mol. The van der Waals surface area contributed by atoms with Gasteiger partial charge in [0.2, 0.25) is 5.76 Å². The molecular weight excluding hydrogens is 222 g/mol. The van der Waals surface area contributed by atoms with Crippen LogP contribution in [0.1, 0.15) is 46.8 Å². The van der Waals surface area contributed by atoms with Crippen molar-refractivity contribution in [3.8, 4) is 0 Å². The predicted molar refractivity (Wildman–Crippen MR) is 60.0 cm³/mol. The molecule has 1 aromatic heterocycles. The summed E-state index contributed by atoms with van der Waals surface area (Å²) in [5.41, 5.74) is 0. The van der Waals surface area contributed by atoms with Crippen LogP contribution in [0.25, 0.3) is 0 Å². The number of hydrogen-bond donors (Lipinski definition) is 1. The number of carboxylic acids is 1. The van der Waals surface area contributed by atoms with E-state index in [-0.39, 0.29) is 17.4 Å². The summed E-state index contributed by atoms with van der Waals surface area (Å²) in [6.07, 6.45) is 4.28. The summed E-state index contributed by atoms with van der Waals surface area (Å²) in [7, 11) is 0. The van der Waals surface area contributed by atoms with Crippen LogP contribution in [-0.2, 0) is 0 Å². The zero-order valence-corrected chi connectivity index (χ0v) is 9.52. The van der Waals surface area contributed by atoms with Crippen LogP contribution in [0.4, 0.5) is 0 Å². The van der Waals surface area contributed by atoms with Gasteiger partial charge in [0.15, 0.2) is 5.76 Å². The zero-order valence-electron chi connectivity index (χ0n) is 9.52. The van der Waals surface area contributed by atoms with Crippen LogP contribution >= 0.6 is 0 Å². The van der Waals surface area contributed by atoms with Crippen molar-refractivity contribution in [2.24, 2.45) is 0 Å². The molecule has 1 aromatic rings. The Hall–Kier alpha value is -1.78. The van der Waals surface area contributed by atoms with E-state index >= 15 is 0 Å². The van der Waals surface area contributed by atoms with Gasteiger partial charge >= 0.3 is 5.97 Å². The van der Waals surface area contributed by atoms with Crippen molar-refractivity contribution in [1.29, 1.82) is 0 Å². The summed E-state index contributed by atoms with van der Waals surface area (Å²) in [5.74, 6) is -1.44. The summed E-state index contributed by atoms with van der Waals surface area (Å²) in [6, 6.07) is 2.74. The minimum Gasteiger partial charge on any atom is -0.475 e. The molecule has 0 unspecified atom stereocenters. The van der Waals surface area contributed by atoms with Crippen LogP contribution in [0.5, 0.6) is 0 Å². The third kappa shape index (κ3) is 2.67. The smallest absolute Gasteiger partial charge is 0.371 e. The van der Waals surface area contributed by atoms with Crippen LogP contribution in [0.15, 0.2) is 16.5 Å². The van der Waals surface area contributed by atoms with Crippen molar-refractivity contribution >= 4 is 11.9 Å². The molecule has 1 aliphatic rings. The number of rotatable bonds is 2. The third-order valence-corrected chi connectivity index (χ3v) is 2.92. The molecule has 1 aliphatic heterocycles. The van der Waals surface area contributed by atoms with Gasteiger partial charge in [-0.05, 0) is 25.0 Å². The van der Waals surface area contributed by atoms with Gasteiger partial charge in [0.1, 0.15) is 0 Å². The standard InChI is InChI=1S/C12H15NO4/c14-11(13-7-3-1-2-4-8-13)9-5-6-10(17-9)12(15)16/h5-6H,1-4,7-8H2,(H,15,16). The van der Waals surface area contributed by atoms with Gasteiger partial charge in [0.05, 0.1) is 0 Å². The molecule has 5 heteroatoms. The molecule has 0 aromatic carbocycles. The van der Waals surface area contributed by atoms with Crippen LogP contribution in [0.3, 0.4) is 0 Å². The van der Waals surface area contributed by atoms with Crippen molar-refractivity contribution in [2.45, 2.75) is 25.7 Å². The lowest BCUT2D eigenvalue weighted by Gasteiger charge is -2.18. The normalized spacial score (nSPS) is 16.6. The molecule has 0 bridgehead atoms. The summed E-state index contributed by atoms with van der Waals surface area (Å²) < 4.78 is 5.01. The topological polar surface area (TPSA) is 70.8 Å². The molecular formula is C12H15NO4. The van der Waals surface area contributed by atoms with Crippen LogP contribution in [-0.4, -0.2) is 35.0 Å². The Kier molecular flexibility index (Phi) is 3.46. The summed E-state index contributed by atoms with van der Waals surface area (Å²) in [6.45, 7) is 1.45. The molecule has 0 aliphatic carbocycles. The average Bonchev–Trinajstić information content (AvgIpc) is 2.65. The minimum atomic E-state index is -1.15. The molecule has 5 nitrogen and oxygen atoms in total. The van der Waals surface area contributed by atoms with E-state index in [1.165, 1.54) is 12.1 Å². The maximum absolute atomic E-state index is 12.0. The van der Waals surface area contributed by atoms with Gasteiger partial charge in [-0.15, -0.1) is 0 Å². The molecule has 0 spiro atoms. The van der Waals surface area contributed by atoms with Crippen molar-refractivity contribution in [3.05, 3.63) is 23.7 Å². The molecule has 2 rings (SSSR count). The number of carbonyl (C=O) groups excluding carboxylic acids is 1. The van der Waals surface area contributed by atoms with Gasteiger partial charge in [-0.1, -0.05) is 12.8 Å². The number of furan rings is 1. The molecule has 1 amide bonds. The van der Waals surface area contributed by atoms with Gasteiger partial charge in [-0.2, -0.15) is 0 Å². The second kappa shape index (κ2) is 5.03. The predicted octanol–water partition coefficient (Wildman–Crippen LogP) is 1.99. The van der Waals surface area contributed by atoms with Crippen LogP contribution in [0, 0.1) is 0 Å². The highest BCUT2D eigenvalue weighted by Crippen LogP contribution is 2.15. The Morgan fingerprint density at radius 3 is 2.18 bits per heavy atom. The Labute approximate surface area is 99.0 Å². The number of carbonyl (C=O) groups is 2. The zero-order chi connectivity index (χ0) is 12.3. The number of likely N-dealkylation sites (tertiary alicyclic amines) is 1. The van der Waals surface area contributed by atoms with Gasteiger partial charge in [-0.3, -0.25) is 4.79 Å². The highest BCUT2D eigenvalue weighted by Gasteiger charge is 2.21. The fourth-order valence-electron chi connectivity index (χ4n) is 2.00. The lowest BCUT2D eigenvalue weighted by Crippen LogP contribution is -2.31. The Balaban J connectivity index is 2.09. The summed E-state index contributed by atoms with van der Waals surface area (Å²) >= 11 is 0. The molecule has 0 radical (unpaired) electrons. The van der Waals surface area contributed by atoms with Crippen molar-refractivity contribution in [2.75, 3.05) is 13.1 Å². The fourth-order valence-corrected chi connectivity index (χ4v) is 2.00. The number of carboxylic acid groups (broad SMARTS) is 1. The molecule has 17 heavy (non-hydrogen) atoms. The molecule has 1 fully saturated rings. The van der Waals surface area contributed by atoms with E-state index in [1.807, 2.05) is 0 Å². The first-order valence-electron chi connectivity index (χ1n) is 5.81. The molecule has 92 valence electrons. The number of aromatic carboxylic acids is 1. The molecule has 0 saturated carbocycles. The summed E-state index contributed by atoms with van der Waals surface area (Å²) in [5, 5.41) is 8.72. The van der Waals surface area contributed by atoms with Crippen LogP contribution < -0.4 is 0 Å². The quantitative estimate of drug-likeness (QED) is 0.853. The third-order valence-electron chi connectivity index (χ3n) is 2.92. The molecule has 0 atom stereocenters. The van der Waals surface area contributed by atoms with Gasteiger partial charge in [0, 0.05) is 13.1 Å². The minimum absolute atomic E-state index is 0.115. The Bertz CT molecular complexity index is 416.